The van der Waals surface area contributed by atoms with Gasteiger partial charge in [-0.2, -0.15) is 0 Å². The van der Waals surface area contributed by atoms with Gasteiger partial charge in [-0.1, -0.05) is 18.2 Å². The van der Waals surface area contributed by atoms with Crippen LogP contribution in [0, 0.1) is 0 Å². The van der Waals surface area contributed by atoms with Crippen molar-refractivity contribution in [1.82, 2.24) is 0 Å². The second-order valence-electron chi connectivity index (χ2n) is 4.20. The zero-order valence-corrected chi connectivity index (χ0v) is 9.27. The molecule has 3 rings (SSSR count). The average Bonchev–Trinajstić information content (AvgIpc) is 2.37. The minimum Gasteiger partial charge on any atom is -0.493 e. The number of fused-ring (bicyclic) bond motifs is 3. The number of hydrogen-bond donors (Lipinski definition) is 1. The molecule has 0 unspecified atom stereocenters. The van der Waals surface area contributed by atoms with Gasteiger partial charge in [0, 0.05) is 10.9 Å². The lowest BCUT2D eigenvalue weighted by Crippen LogP contribution is -2.10. The minimum absolute atomic E-state index is 0.366. The Morgan fingerprint density at radius 2 is 2.12 bits per heavy atom. The van der Waals surface area contributed by atoms with Crippen LogP contribution >= 0.6 is 0 Å². The first kappa shape index (κ1) is 10.1. The number of aromatic carboxylic acids is 1. The van der Waals surface area contributed by atoms with Crippen LogP contribution < -0.4 is 4.74 Å². The number of ether oxygens (including phenoxy) is 1. The summed E-state index contributed by atoms with van der Waals surface area (Å²) in [6.07, 6.45) is 1.83. The molecule has 0 spiro atoms. The van der Waals surface area contributed by atoms with E-state index in [0.29, 0.717) is 12.2 Å². The molecule has 0 amide bonds. The molecule has 0 fully saturated rings. The van der Waals surface area contributed by atoms with Crippen LogP contribution in [0.1, 0.15) is 22.3 Å². The zero-order chi connectivity index (χ0) is 11.8. The van der Waals surface area contributed by atoms with Crippen molar-refractivity contribution in [2.45, 2.75) is 12.8 Å². The maximum atomic E-state index is 11.3. The molecule has 3 heteroatoms. The van der Waals surface area contributed by atoms with E-state index in [4.69, 9.17) is 4.74 Å². The van der Waals surface area contributed by atoms with Crippen LogP contribution in [0.15, 0.2) is 30.3 Å². The third-order valence-corrected chi connectivity index (χ3v) is 3.17. The van der Waals surface area contributed by atoms with E-state index in [1.165, 1.54) is 0 Å². The fourth-order valence-corrected chi connectivity index (χ4v) is 2.43. The number of rotatable bonds is 1. The van der Waals surface area contributed by atoms with Gasteiger partial charge in [0.2, 0.25) is 0 Å². The van der Waals surface area contributed by atoms with Gasteiger partial charge < -0.3 is 9.84 Å². The van der Waals surface area contributed by atoms with E-state index in [0.717, 1.165) is 34.9 Å². The lowest BCUT2D eigenvalue weighted by atomic mass is 9.94. The lowest BCUT2D eigenvalue weighted by Gasteiger charge is -2.19. The van der Waals surface area contributed by atoms with Gasteiger partial charge in [-0.3, -0.25) is 0 Å². The molecule has 0 aliphatic carbocycles. The predicted octanol–water partition coefficient (Wildman–Crippen LogP) is 2.86. The van der Waals surface area contributed by atoms with Crippen LogP contribution in [0.4, 0.5) is 0 Å². The first-order valence-corrected chi connectivity index (χ1v) is 5.68. The van der Waals surface area contributed by atoms with Gasteiger partial charge in [0.25, 0.3) is 0 Å². The average molecular weight is 228 g/mol. The molecule has 0 saturated heterocycles. The highest BCUT2D eigenvalue weighted by Gasteiger charge is 2.18. The van der Waals surface area contributed by atoms with E-state index >= 15 is 0 Å². The highest BCUT2D eigenvalue weighted by molar-refractivity contribution is 6.05. The van der Waals surface area contributed by atoms with Crippen molar-refractivity contribution in [2.75, 3.05) is 6.61 Å². The molecule has 1 aliphatic rings. The van der Waals surface area contributed by atoms with Crippen LogP contribution in [-0.4, -0.2) is 17.7 Å². The molecule has 0 atom stereocenters. The molecular weight excluding hydrogens is 216 g/mol. The number of carboxylic acid groups (broad SMARTS) is 1. The maximum absolute atomic E-state index is 11.3. The Morgan fingerprint density at radius 3 is 2.94 bits per heavy atom. The number of benzene rings is 2. The van der Waals surface area contributed by atoms with Crippen molar-refractivity contribution in [3.05, 3.63) is 41.5 Å². The molecule has 17 heavy (non-hydrogen) atoms. The fourth-order valence-electron chi connectivity index (χ4n) is 2.43. The second-order valence-corrected chi connectivity index (χ2v) is 4.20. The Kier molecular flexibility index (Phi) is 2.25. The van der Waals surface area contributed by atoms with E-state index < -0.39 is 5.97 Å². The lowest BCUT2D eigenvalue weighted by molar-refractivity contribution is 0.0699. The van der Waals surface area contributed by atoms with Crippen LogP contribution in [0.5, 0.6) is 5.75 Å². The number of aryl methyl sites for hydroxylation is 1. The Hall–Kier alpha value is -2.03. The molecule has 1 heterocycles. The minimum atomic E-state index is -0.880. The van der Waals surface area contributed by atoms with Crippen molar-refractivity contribution in [3.8, 4) is 5.75 Å². The SMILES string of the molecule is O=C(O)c1cccc2ccc3c(c12)CCCO3. The Morgan fingerprint density at radius 1 is 1.24 bits per heavy atom. The quantitative estimate of drug-likeness (QED) is 0.816. The summed E-state index contributed by atoms with van der Waals surface area (Å²) in [4.78, 5) is 11.3. The van der Waals surface area contributed by atoms with Crippen molar-refractivity contribution < 1.29 is 14.6 Å². The molecular formula is C14H12O3. The van der Waals surface area contributed by atoms with Crippen molar-refractivity contribution in [1.29, 1.82) is 0 Å². The smallest absolute Gasteiger partial charge is 0.336 e. The molecule has 0 bridgehead atoms. The van der Waals surface area contributed by atoms with E-state index in [9.17, 15) is 9.90 Å². The van der Waals surface area contributed by atoms with Crippen LogP contribution in [0.3, 0.4) is 0 Å². The van der Waals surface area contributed by atoms with Gasteiger partial charge >= 0.3 is 5.97 Å². The van der Waals surface area contributed by atoms with Crippen molar-refractivity contribution >= 4 is 16.7 Å². The largest absolute Gasteiger partial charge is 0.493 e. The zero-order valence-electron chi connectivity index (χ0n) is 9.27. The van der Waals surface area contributed by atoms with Crippen molar-refractivity contribution in [3.63, 3.8) is 0 Å². The number of carbonyl (C=O) groups is 1. The molecule has 0 aromatic heterocycles. The van der Waals surface area contributed by atoms with E-state index in [-0.39, 0.29) is 0 Å². The highest BCUT2D eigenvalue weighted by atomic mass is 16.5. The van der Waals surface area contributed by atoms with E-state index in [2.05, 4.69) is 0 Å². The Labute approximate surface area is 98.6 Å². The normalized spacial score (nSPS) is 14.1. The third kappa shape index (κ3) is 1.55. The van der Waals surface area contributed by atoms with Gasteiger partial charge in [-0.25, -0.2) is 4.79 Å². The van der Waals surface area contributed by atoms with Crippen LogP contribution in [0.25, 0.3) is 10.8 Å². The standard InChI is InChI=1S/C14H12O3/c15-14(16)11-4-1-3-9-6-7-12-10(13(9)11)5-2-8-17-12/h1,3-4,6-7H,2,5,8H2,(H,15,16). The van der Waals surface area contributed by atoms with Gasteiger partial charge in [-0.15, -0.1) is 0 Å². The van der Waals surface area contributed by atoms with Crippen molar-refractivity contribution in [2.24, 2.45) is 0 Å². The van der Waals surface area contributed by atoms with Gasteiger partial charge in [-0.05, 0) is 30.4 Å². The first-order valence-electron chi connectivity index (χ1n) is 5.68. The molecule has 2 aromatic rings. The molecule has 1 N–H and O–H groups in total. The summed E-state index contributed by atoms with van der Waals surface area (Å²) in [7, 11) is 0. The molecule has 86 valence electrons. The van der Waals surface area contributed by atoms with Crippen LogP contribution in [-0.2, 0) is 6.42 Å². The summed E-state index contributed by atoms with van der Waals surface area (Å²) in [5.74, 6) is -0.0491. The predicted molar refractivity (Wildman–Crippen MR) is 64.7 cm³/mol. The summed E-state index contributed by atoms with van der Waals surface area (Å²) in [6, 6.07) is 9.23. The van der Waals surface area contributed by atoms with E-state index in [1.54, 1.807) is 12.1 Å². The molecule has 1 aliphatic heterocycles. The van der Waals surface area contributed by atoms with Gasteiger partial charge in [0.15, 0.2) is 0 Å². The Bertz CT molecular complexity index is 602. The molecule has 0 radical (unpaired) electrons. The second kappa shape index (κ2) is 3.77. The summed E-state index contributed by atoms with van der Waals surface area (Å²) in [5.41, 5.74) is 1.40. The molecule has 3 nitrogen and oxygen atoms in total. The summed E-state index contributed by atoms with van der Waals surface area (Å²) in [6.45, 7) is 0.716. The van der Waals surface area contributed by atoms with Gasteiger partial charge in [0.1, 0.15) is 5.75 Å². The van der Waals surface area contributed by atoms with Gasteiger partial charge in [0.05, 0.1) is 12.2 Å². The van der Waals surface area contributed by atoms with E-state index in [1.807, 2.05) is 18.2 Å². The molecule has 2 aromatic carbocycles. The first-order chi connectivity index (χ1) is 8.27. The summed E-state index contributed by atoms with van der Waals surface area (Å²) >= 11 is 0. The number of carboxylic acids is 1. The third-order valence-electron chi connectivity index (χ3n) is 3.17. The summed E-state index contributed by atoms with van der Waals surface area (Å²) in [5, 5.41) is 11.0. The molecule has 0 saturated carbocycles. The highest BCUT2D eigenvalue weighted by Crippen LogP contribution is 2.34. The topological polar surface area (TPSA) is 46.5 Å². The Balaban J connectivity index is 2.39. The maximum Gasteiger partial charge on any atom is 0.336 e. The van der Waals surface area contributed by atoms with Crippen LogP contribution in [0.2, 0.25) is 0 Å². The summed E-state index contributed by atoms with van der Waals surface area (Å²) < 4.78 is 5.57. The number of hydrogen-bond acceptors (Lipinski definition) is 2. The monoisotopic (exact) mass is 228 g/mol. The fraction of sp³-hybridized carbons (Fsp3) is 0.214.